The molecule has 0 bridgehead atoms. The van der Waals surface area contributed by atoms with Gasteiger partial charge in [-0.25, -0.2) is 4.90 Å². The maximum absolute atomic E-state index is 12.9. The van der Waals surface area contributed by atoms with Crippen molar-refractivity contribution in [3.8, 4) is 0 Å². The van der Waals surface area contributed by atoms with Crippen molar-refractivity contribution >= 4 is 17.5 Å². The van der Waals surface area contributed by atoms with Gasteiger partial charge in [0.2, 0.25) is 0 Å². The molecule has 0 saturated heterocycles. The number of rotatable bonds is 3. The third kappa shape index (κ3) is 1.97. The summed E-state index contributed by atoms with van der Waals surface area (Å²) in [5.41, 5.74) is 4.75. The highest BCUT2D eigenvalue weighted by Gasteiger charge is 2.39. The third-order valence-corrected chi connectivity index (χ3v) is 4.31. The van der Waals surface area contributed by atoms with Gasteiger partial charge < -0.3 is 0 Å². The van der Waals surface area contributed by atoms with Crippen molar-refractivity contribution < 1.29 is 9.59 Å². The van der Waals surface area contributed by atoms with Crippen LogP contribution in [0, 0.1) is 6.92 Å². The van der Waals surface area contributed by atoms with E-state index in [-0.39, 0.29) is 11.8 Å². The molecular weight excluding hydrogens is 274 g/mol. The van der Waals surface area contributed by atoms with Gasteiger partial charge in [-0.15, -0.1) is 0 Å². The molecule has 1 heterocycles. The number of nitrogens with zero attached hydrogens (tertiary/aromatic N) is 1. The van der Waals surface area contributed by atoms with Crippen molar-refractivity contribution in [1.29, 1.82) is 0 Å². The molecule has 0 aliphatic carbocycles. The molecule has 0 aromatic heterocycles. The van der Waals surface area contributed by atoms with Gasteiger partial charge in [0.25, 0.3) is 11.8 Å². The van der Waals surface area contributed by atoms with Gasteiger partial charge in [0.15, 0.2) is 0 Å². The molecule has 2 aromatic rings. The lowest BCUT2D eigenvalue weighted by Gasteiger charge is -2.21. The average Bonchev–Trinajstić information content (AvgIpc) is 2.79. The summed E-state index contributed by atoms with van der Waals surface area (Å²) in [6, 6.07) is 11.4. The lowest BCUT2D eigenvalue weighted by Crippen LogP contribution is -2.31. The van der Waals surface area contributed by atoms with Crippen LogP contribution in [0.2, 0.25) is 0 Å². The Hall–Kier alpha value is -2.42. The van der Waals surface area contributed by atoms with Crippen LogP contribution in [0.15, 0.2) is 36.4 Å². The summed E-state index contributed by atoms with van der Waals surface area (Å²) in [4.78, 5) is 27.0. The Labute approximate surface area is 130 Å². The van der Waals surface area contributed by atoms with Crippen molar-refractivity contribution in [2.45, 2.75) is 33.6 Å². The lowest BCUT2D eigenvalue weighted by atomic mass is 10.0. The zero-order chi connectivity index (χ0) is 15.9. The van der Waals surface area contributed by atoms with E-state index in [0.29, 0.717) is 11.1 Å². The van der Waals surface area contributed by atoms with Gasteiger partial charge in [0.05, 0.1) is 16.8 Å². The predicted molar refractivity (Wildman–Crippen MR) is 87.5 cm³/mol. The molecule has 112 valence electrons. The van der Waals surface area contributed by atoms with Crippen molar-refractivity contribution in [2.24, 2.45) is 0 Å². The molecule has 3 rings (SSSR count). The van der Waals surface area contributed by atoms with E-state index in [0.717, 1.165) is 35.2 Å². The van der Waals surface area contributed by atoms with E-state index in [4.69, 9.17) is 0 Å². The van der Waals surface area contributed by atoms with Gasteiger partial charge >= 0.3 is 0 Å². The smallest absolute Gasteiger partial charge is 0.266 e. The minimum absolute atomic E-state index is 0.200. The number of carbonyl (C=O) groups excluding carboxylic acids is 2. The fourth-order valence-corrected chi connectivity index (χ4v) is 3.16. The summed E-state index contributed by atoms with van der Waals surface area (Å²) < 4.78 is 0. The topological polar surface area (TPSA) is 37.4 Å². The summed E-state index contributed by atoms with van der Waals surface area (Å²) >= 11 is 0. The highest BCUT2D eigenvalue weighted by molar-refractivity contribution is 6.35. The second kappa shape index (κ2) is 5.41. The molecule has 0 spiro atoms. The fraction of sp³-hybridized carbons (Fsp3) is 0.263. The molecule has 3 nitrogen and oxygen atoms in total. The van der Waals surface area contributed by atoms with Crippen LogP contribution < -0.4 is 4.90 Å². The first-order valence-electron chi connectivity index (χ1n) is 7.69. The van der Waals surface area contributed by atoms with Crippen LogP contribution in [0.4, 0.5) is 5.69 Å². The Balaban J connectivity index is 2.22. The Morgan fingerprint density at radius 2 is 1.45 bits per heavy atom. The van der Waals surface area contributed by atoms with E-state index in [1.54, 1.807) is 6.07 Å². The quantitative estimate of drug-likeness (QED) is 0.804. The summed E-state index contributed by atoms with van der Waals surface area (Å²) in [7, 11) is 0. The minimum Gasteiger partial charge on any atom is -0.268 e. The number of hydrogen-bond donors (Lipinski definition) is 0. The summed E-state index contributed by atoms with van der Waals surface area (Å²) in [5.74, 6) is -0.409. The molecule has 1 aliphatic rings. The largest absolute Gasteiger partial charge is 0.268 e. The summed E-state index contributed by atoms with van der Waals surface area (Å²) in [6.45, 7) is 5.96. The zero-order valence-electron chi connectivity index (χ0n) is 13.1. The number of carbonyl (C=O) groups is 2. The third-order valence-electron chi connectivity index (χ3n) is 4.31. The standard InChI is InChI=1S/C19H19NO2/c1-4-13-9-7-10-14(5-2)17(13)20-18(21)15-11-6-8-12(3)16(15)19(20)22/h6-11H,4-5H2,1-3H3. The highest BCUT2D eigenvalue weighted by atomic mass is 16.2. The molecule has 0 N–H and O–H groups in total. The first-order chi connectivity index (χ1) is 10.6. The number of aryl methyl sites for hydroxylation is 3. The van der Waals surface area contributed by atoms with E-state index in [1.807, 2.05) is 51.1 Å². The molecular formula is C19H19NO2. The maximum Gasteiger partial charge on any atom is 0.266 e. The zero-order valence-corrected chi connectivity index (χ0v) is 13.1. The summed E-state index contributed by atoms with van der Waals surface area (Å²) in [6.07, 6.45) is 1.57. The van der Waals surface area contributed by atoms with E-state index >= 15 is 0 Å². The van der Waals surface area contributed by atoms with Gasteiger partial charge in [0, 0.05) is 0 Å². The number of fused-ring (bicyclic) bond motifs is 1. The molecule has 2 aromatic carbocycles. The number of hydrogen-bond acceptors (Lipinski definition) is 2. The molecule has 3 heteroatoms. The van der Waals surface area contributed by atoms with Crippen molar-refractivity contribution in [3.63, 3.8) is 0 Å². The number of benzene rings is 2. The first-order valence-corrected chi connectivity index (χ1v) is 7.69. The van der Waals surface area contributed by atoms with Crippen LogP contribution in [0.25, 0.3) is 0 Å². The monoisotopic (exact) mass is 293 g/mol. The molecule has 1 aliphatic heterocycles. The number of para-hydroxylation sites is 1. The Morgan fingerprint density at radius 3 is 2.00 bits per heavy atom. The van der Waals surface area contributed by atoms with Gasteiger partial charge in [-0.1, -0.05) is 44.2 Å². The normalized spacial score (nSPS) is 13.7. The van der Waals surface area contributed by atoms with E-state index in [2.05, 4.69) is 0 Å². The fourth-order valence-electron chi connectivity index (χ4n) is 3.16. The predicted octanol–water partition coefficient (Wildman–Crippen LogP) is 3.92. The van der Waals surface area contributed by atoms with Crippen LogP contribution >= 0.6 is 0 Å². The van der Waals surface area contributed by atoms with Crippen LogP contribution in [-0.2, 0) is 12.8 Å². The summed E-state index contributed by atoms with van der Waals surface area (Å²) in [5, 5.41) is 0. The first kappa shape index (κ1) is 14.5. The van der Waals surface area contributed by atoms with E-state index in [9.17, 15) is 9.59 Å². The molecule has 22 heavy (non-hydrogen) atoms. The van der Waals surface area contributed by atoms with Crippen molar-refractivity contribution in [1.82, 2.24) is 0 Å². The van der Waals surface area contributed by atoms with Gasteiger partial charge in [-0.05, 0) is 42.5 Å². The molecule has 0 fully saturated rings. The van der Waals surface area contributed by atoms with E-state index in [1.165, 1.54) is 4.90 Å². The average molecular weight is 293 g/mol. The number of amides is 2. The second-order valence-electron chi connectivity index (χ2n) is 5.58. The van der Waals surface area contributed by atoms with Gasteiger partial charge in [-0.2, -0.15) is 0 Å². The molecule has 0 saturated carbocycles. The van der Waals surface area contributed by atoms with Crippen LogP contribution in [0.5, 0.6) is 0 Å². The Bertz CT molecular complexity index is 755. The number of imide groups is 1. The minimum atomic E-state index is -0.209. The second-order valence-corrected chi connectivity index (χ2v) is 5.58. The Kier molecular flexibility index (Phi) is 3.57. The SMILES string of the molecule is CCc1cccc(CC)c1N1C(=O)c2cccc(C)c2C1=O. The van der Waals surface area contributed by atoms with Crippen molar-refractivity contribution in [3.05, 3.63) is 64.2 Å². The van der Waals surface area contributed by atoms with Gasteiger partial charge in [0.1, 0.15) is 0 Å². The van der Waals surface area contributed by atoms with Crippen LogP contribution in [0.3, 0.4) is 0 Å². The lowest BCUT2D eigenvalue weighted by molar-refractivity contribution is 0.0925. The van der Waals surface area contributed by atoms with E-state index < -0.39 is 0 Å². The molecule has 2 amide bonds. The Morgan fingerprint density at radius 1 is 0.864 bits per heavy atom. The number of anilines is 1. The van der Waals surface area contributed by atoms with Gasteiger partial charge in [-0.3, -0.25) is 9.59 Å². The molecule has 0 atom stereocenters. The highest BCUT2D eigenvalue weighted by Crippen LogP contribution is 2.35. The van der Waals surface area contributed by atoms with Crippen molar-refractivity contribution in [2.75, 3.05) is 4.90 Å². The van der Waals surface area contributed by atoms with Crippen LogP contribution in [0.1, 0.15) is 51.3 Å². The van der Waals surface area contributed by atoms with Crippen LogP contribution in [-0.4, -0.2) is 11.8 Å². The molecule has 0 unspecified atom stereocenters. The molecule has 0 radical (unpaired) electrons. The maximum atomic E-state index is 12.9.